The summed E-state index contributed by atoms with van der Waals surface area (Å²) < 4.78 is 39.4. The lowest BCUT2D eigenvalue weighted by Crippen LogP contribution is -2.16. The zero-order valence-corrected chi connectivity index (χ0v) is 8.05. The van der Waals surface area contributed by atoms with Crippen LogP contribution in [-0.4, -0.2) is 10.2 Å². The van der Waals surface area contributed by atoms with Gasteiger partial charge in [0.05, 0.1) is 11.7 Å². The van der Waals surface area contributed by atoms with Crippen molar-refractivity contribution in [3.05, 3.63) is 53.1 Å². The Morgan fingerprint density at radius 3 is 2.31 bits per heavy atom. The number of benzene rings is 1. The van der Waals surface area contributed by atoms with Gasteiger partial charge >= 0.3 is 0 Å². The van der Waals surface area contributed by atoms with Gasteiger partial charge in [-0.25, -0.2) is 13.2 Å². The summed E-state index contributed by atoms with van der Waals surface area (Å²) in [4.78, 5) is 0. The predicted molar refractivity (Wildman–Crippen MR) is 50.9 cm³/mol. The molecule has 1 heterocycles. The van der Waals surface area contributed by atoms with Crippen LogP contribution in [0, 0.1) is 17.5 Å². The maximum atomic E-state index is 13.4. The van der Waals surface area contributed by atoms with Crippen LogP contribution in [0.25, 0.3) is 0 Å². The molecule has 3 nitrogen and oxygen atoms in total. The van der Waals surface area contributed by atoms with Crippen LogP contribution >= 0.6 is 0 Å². The molecule has 0 radical (unpaired) electrons. The molecule has 84 valence electrons. The molecule has 0 fully saturated rings. The highest BCUT2D eigenvalue weighted by Crippen LogP contribution is 2.24. The van der Waals surface area contributed by atoms with Gasteiger partial charge in [0.1, 0.15) is 17.5 Å². The monoisotopic (exact) mass is 227 g/mol. The quantitative estimate of drug-likeness (QED) is 0.822. The highest BCUT2D eigenvalue weighted by atomic mass is 19.1. The molecule has 1 unspecified atom stereocenters. The minimum Gasteiger partial charge on any atom is -0.319 e. The molecule has 0 spiro atoms. The molecule has 6 heteroatoms. The number of hydrogen-bond acceptors (Lipinski definition) is 2. The molecule has 0 saturated carbocycles. The van der Waals surface area contributed by atoms with Crippen LogP contribution in [0.3, 0.4) is 0 Å². The number of nitrogens with one attached hydrogen (secondary N) is 1. The molecule has 16 heavy (non-hydrogen) atoms. The second kappa shape index (κ2) is 3.97. The number of H-pyrrole nitrogens is 1. The van der Waals surface area contributed by atoms with E-state index in [2.05, 4.69) is 10.2 Å². The Morgan fingerprint density at radius 2 is 1.81 bits per heavy atom. The van der Waals surface area contributed by atoms with Gasteiger partial charge in [-0.3, -0.25) is 5.10 Å². The number of nitrogens with zero attached hydrogens (tertiary/aromatic N) is 1. The third kappa shape index (κ3) is 1.79. The van der Waals surface area contributed by atoms with Crippen molar-refractivity contribution in [1.29, 1.82) is 0 Å². The van der Waals surface area contributed by atoms with Crippen molar-refractivity contribution in [3.63, 3.8) is 0 Å². The van der Waals surface area contributed by atoms with Crippen LogP contribution in [0.4, 0.5) is 13.2 Å². The Balaban J connectivity index is 2.48. The fraction of sp³-hybridized carbons (Fsp3) is 0.100. The molecule has 2 aromatic rings. The highest BCUT2D eigenvalue weighted by molar-refractivity contribution is 5.29. The minimum absolute atomic E-state index is 0.351. The summed E-state index contributed by atoms with van der Waals surface area (Å²) in [7, 11) is 0. The standard InChI is InChI=1S/C10H8F3N3/c11-5-3-6(12)9(7(13)4-5)10(14)8-1-2-15-16-8/h1-4,10H,14H2,(H,15,16). The minimum atomic E-state index is -1.04. The van der Waals surface area contributed by atoms with Gasteiger partial charge in [0.15, 0.2) is 0 Å². The number of rotatable bonds is 2. The van der Waals surface area contributed by atoms with Crippen LogP contribution in [0.15, 0.2) is 24.4 Å². The summed E-state index contributed by atoms with van der Waals surface area (Å²) in [6.07, 6.45) is 1.41. The number of halogens is 3. The summed E-state index contributed by atoms with van der Waals surface area (Å²) in [5.41, 5.74) is 5.61. The van der Waals surface area contributed by atoms with E-state index in [1.54, 1.807) is 0 Å². The Hall–Kier alpha value is -1.82. The molecule has 0 saturated heterocycles. The van der Waals surface area contributed by atoms with Gasteiger partial charge < -0.3 is 5.73 Å². The average Bonchev–Trinajstić information content (AvgIpc) is 2.67. The molecule has 0 amide bonds. The van der Waals surface area contributed by atoms with Gasteiger partial charge in [-0.05, 0) is 6.07 Å². The normalized spacial score (nSPS) is 12.8. The molecule has 1 aromatic carbocycles. The lowest BCUT2D eigenvalue weighted by molar-refractivity contribution is 0.513. The average molecular weight is 227 g/mol. The Kier molecular flexibility index (Phi) is 2.66. The van der Waals surface area contributed by atoms with Gasteiger partial charge in [-0.2, -0.15) is 5.10 Å². The van der Waals surface area contributed by atoms with Crippen LogP contribution < -0.4 is 5.73 Å². The summed E-state index contributed by atoms with van der Waals surface area (Å²) in [6.45, 7) is 0. The van der Waals surface area contributed by atoms with Crippen molar-refractivity contribution in [3.8, 4) is 0 Å². The number of aromatic amines is 1. The Bertz CT molecular complexity index is 473. The molecular formula is C10H8F3N3. The largest absolute Gasteiger partial charge is 0.319 e. The van der Waals surface area contributed by atoms with Gasteiger partial charge in [-0.15, -0.1) is 0 Å². The molecule has 3 N–H and O–H groups in total. The van der Waals surface area contributed by atoms with Gasteiger partial charge in [-0.1, -0.05) is 0 Å². The van der Waals surface area contributed by atoms with Crippen LogP contribution in [0.5, 0.6) is 0 Å². The van der Waals surface area contributed by atoms with Crippen molar-refractivity contribution in [2.45, 2.75) is 6.04 Å². The third-order valence-electron chi connectivity index (χ3n) is 2.21. The Labute approximate surface area is 89.1 Å². The highest BCUT2D eigenvalue weighted by Gasteiger charge is 2.20. The van der Waals surface area contributed by atoms with E-state index in [1.165, 1.54) is 12.3 Å². The first-order chi connectivity index (χ1) is 7.59. The maximum Gasteiger partial charge on any atom is 0.134 e. The van der Waals surface area contributed by atoms with E-state index in [1.807, 2.05) is 0 Å². The van der Waals surface area contributed by atoms with Crippen molar-refractivity contribution < 1.29 is 13.2 Å². The predicted octanol–water partition coefficient (Wildman–Crippen LogP) is 1.88. The fourth-order valence-corrected chi connectivity index (χ4v) is 1.45. The number of nitrogens with two attached hydrogens (primary N) is 1. The summed E-state index contributed by atoms with van der Waals surface area (Å²) in [5, 5.41) is 6.12. The number of hydrogen-bond donors (Lipinski definition) is 2. The smallest absolute Gasteiger partial charge is 0.134 e. The first kappa shape index (κ1) is 10.7. The van der Waals surface area contributed by atoms with E-state index in [9.17, 15) is 13.2 Å². The molecule has 0 bridgehead atoms. The van der Waals surface area contributed by atoms with E-state index in [4.69, 9.17) is 5.73 Å². The Morgan fingerprint density at radius 1 is 1.19 bits per heavy atom. The van der Waals surface area contributed by atoms with Gasteiger partial charge in [0, 0.05) is 23.9 Å². The molecular weight excluding hydrogens is 219 g/mol. The van der Waals surface area contributed by atoms with Crippen LogP contribution in [0.2, 0.25) is 0 Å². The zero-order chi connectivity index (χ0) is 11.7. The van der Waals surface area contributed by atoms with Crippen molar-refractivity contribution >= 4 is 0 Å². The van der Waals surface area contributed by atoms with Crippen molar-refractivity contribution in [2.75, 3.05) is 0 Å². The van der Waals surface area contributed by atoms with E-state index >= 15 is 0 Å². The summed E-state index contributed by atoms with van der Waals surface area (Å²) in [6, 6.07) is 1.64. The lowest BCUT2D eigenvalue weighted by atomic mass is 10.0. The van der Waals surface area contributed by atoms with E-state index in [-0.39, 0.29) is 5.56 Å². The summed E-state index contributed by atoms with van der Waals surface area (Å²) >= 11 is 0. The van der Waals surface area contributed by atoms with Crippen LogP contribution in [0.1, 0.15) is 17.3 Å². The van der Waals surface area contributed by atoms with Crippen LogP contribution in [-0.2, 0) is 0 Å². The number of aromatic nitrogens is 2. The van der Waals surface area contributed by atoms with Gasteiger partial charge in [0.25, 0.3) is 0 Å². The SMILES string of the molecule is NC(c1ccn[nH]1)c1c(F)cc(F)cc1F. The second-order valence-corrected chi connectivity index (χ2v) is 3.27. The molecule has 1 atom stereocenters. The molecule has 0 aliphatic heterocycles. The first-order valence-electron chi connectivity index (χ1n) is 4.49. The molecule has 0 aliphatic rings. The summed E-state index contributed by atoms with van der Waals surface area (Å²) in [5.74, 6) is -3.00. The van der Waals surface area contributed by atoms with E-state index < -0.39 is 23.5 Å². The molecule has 1 aromatic heterocycles. The zero-order valence-electron chi connectivity index (χ0n) is 8.05. The van der Waals surface area contributed by atoms with E-state index in [0.29, 0.717) is 17.8 Å². The topological polar surface area (TPSA) is 54.7 Å². The third-order valence-corrected chi connectivity index (χ3v) is 2.21. The fourth-order valence-electron chi connectivity index (χ4n) is 1.45. The molecule has 0 aliphatic carbocycles. The van der Waals surface area contributed by atoms with Crippen molar-refractivity contribution in [1.82, 2.24) is 10.2 Å². The maximum absolute atomic E-state index is 13.4. The molecule has 2 rings (SSSR count). The second-order valence-electron chi connectivity index (χ2n) is 3.27. The van der Waals surface area contributed by atoms with Crippen molar-refractivity contribution in [2.24, 2.45) is 5.73 Å². The van der Waals surface area contributed by atoms with Gasteiger partial charge in [0.2, 0.25) is 0 Å². The van der Waals surface area contributed by atoms with E-state index in [0.717, 1.165) is 0 Å². The lowest BCUT2D eigenvalue weighted by Gasteiger charge is -2.12. The first-order valence-corrected chi connectivity index (χ1v) is 4.49.